The van der Waals surface area contributed by atoms with Gasteiger partial charge in [0.15, 0.2) is 0 Å². The molecule has 100 valence electrons. The van der Waals surface area contributed by atoms with Crippen LogP contribution in [0.15, 0.2) is 24.3 Å². The molecule has 0 amide bonds. The fraction of sp³-hybridized carbons (Fsp3) is 0.500. The quantitative estimate of drug-likeness (QED) is 0.774. The zero-order chi connectivity index (χ0) is 13.0. The number of ether oxygens (including phenoxy) is 2. The molecule has 0 bridgehead atoms. The van der Waals surface area contributed by atoms with Crippen molar-refractivity contribution >= 4 is 12.4 Å². The summed E-state index contributed by atoms with van der Waals surface area (Å²) in [5.74, 6) is -0.0980. The van der Waals surface area contributed by atoms with Crippen molar-refractivity contribution < 1.29 is 22.4 Å². The standard InChI is InChI=1S/C12H15BF3O2/c14-13(15,16)11-6-1-2-7-12(11)18-9-10-5-3-4-8-17-10/h1-2,6-7,10H,3-5,8-9H2/q-1. The van der Waals surface area contributed by atoms with Crippen molar-refractivity contribution in [3.63, 3.8) is 0 Å². The van der Waals surface area contributed by atoms with Crippen molar-refractivity contribution in [2.75, 3.05) is 13.2 Å². The Labute approximate surface area is 104 Å². The second-order valence-electron chi connectivity index (χ2n) is 4.41. The summed E-state index contributed by atoms with van der Waals surface area (Å²) in [6.45, 7) is -4.19. The maximum atomic E-state index is 12.8. The second kappa shape index (κ2) is 5.65. The van der Waals surface area contributed by atoms with Gasteiger partial charge >= 0.3 is 6.98 Å². The first-order valence-corrected chi connectivity index (χ1v) is 6.10. The van der Waals surface area contributed by atoms with Crippen molar-refractivity contribution in [1.29, 1.82) is 0 Å². The van der Waals surface area contributed by atoms with Gasteiger partial charge in [-0.05, 0) is 25.3 Å². The molecule has 1 aliphatic rings. The van der Waals surface area contributed by atoms with Crippen molar-refractivity contribution in [1.82, 2.24) is 0 Å². The summed E-state index contributed by atoms with van der Waals surface area (Å²) in [6, 6.07) is 5.32. The topological polar surface area (TPSA) is 18.5 Å². The van der Waals surface area contributed by atoms with Crippen LogP contribution >= 0.6 is 0 Å². The minimum atomic E-state index is -5.04. The third kappa shape index (κ3) is 3.42. The minimum Gasteiger partial charge on any atom is -0.494 e. The van der Waals surface area contributed by atoms with Gasteiger partial charge < -0.3 is 22.4 Å². The molecule has 0 radical (unpaired) electrons. The first-order valence-electron chi connectivity index (χ1n) is 6.10. The largest absolute Gasteiger partial charge is 0.513 e. The van der Waals surface area contributed by atoms with Crippen LogP contribution in [0, 0.1) is 0 Å². The van der Waals surface area contributed by atoms with Crippen molar-refractivity contribution in [2.24, 2.45) is 0 Å². The summed E-state index contributed by atoms with van der Waals surface area (Å²) in [5, 5.41) is 0. The molecule has 0 N–H and O–H groups in total. The monoisotopic (exact) mass is 259 g/mol. The number of rotatable bonds is 4. The Kier molecular flexibility index (Phi) is 4.17. The highest BCUT2D eigenvalue weighted by Gasteiger charge is 2.29. The van der Waals surface area contributed by atoms with E-state index in [2.05, 4.69) is 0 Å². The minimum absolute atomic E-state index is 0.0902. The summed E-state index contributed by atoms with van der Waals surface area (Å²) in [5.41, 5.74) is -0.673. The molecule has 1 unspecified atom stereocenters. The molecule has 1 aliphatic heterocycles. The summed E-state index contributed by atoms with van der Waals surface area (Å²) < 4.78 is 49.0. The van der Waals surface area contributed by atoms with Crippen molar-refractivity contribution in [3.05, 3.63) is 24.3 Å². The fourth-order valence-corrected chi connectivity index (χ4v) is 2.00. The van der Waals surface area contributed by atoms with E-state index >= 15 is 0 Å². The Morgan fingerprint density at radius 3 is 2.67 bits per heavy atom. The number of hydrogen-bond donors (Lipinski definition) is 0. The van der Waals surface area contributed by atoms with E-state index in [9.17, 15) is 12.9 Å². The van der Waals surface area contributed by atoms with Crippen LogP contribution in [0.3, 0.4) is 0 Å². The Balaban J connectivity index is 2.00. The van der Waals surface area contributed by atoms with Crippen LogP contribution in [0.5, 0.6) is 5.75 Å². The van der Waals surface area contributed by atoms with E-state index in [-0.39, 0.29) is 18.5 Å². The first-order chi connectivity index (χ1) is 8.57. The van der Waals surface area contributed by atoms with E-state index in [4.69, 9.17) is 9.47 Å². The third-order valence-corrected chi connectivity index (χ3v) is 2.97. The van der Waals surface area contributed by atoms with Crippen LogP contribution in [0.2, 0.25) is 0 Å². The number of hydrogen-bond acceptors (Lipinski definition) is 2. The van der Waals surface area contributed by atoms with Crippen molar-refractivity contribution in [3.8, 4) is 5.75 Å². The van der Waals surface area contributed by atoms with Gasteiger partial charge in [-0.2, -0.15) is 0 Å². The molecule has 0 aliphatic carbocycles. The van der Waals surface area contributed by atoms with Gasteiger partial charge in [0.2, 0.25) is 0 Å². The Morgan fingerprint density at radius 2 is 2.00 bits per heavy atom. The molecule has 1 fully saturated rings. The summed E-state index contributed by atoms with van der Waals surface area (Å²) in [4.78, 5) is 0. The molecule has 2 rings (SSSR count). The molecular weight excluding hydrogens is 244 g/mol. The normalized spacial score (nSPS) is 20.7. The van der Waals surface area contributed by atoms with Gasteiger partial charge in [0.1, 0.15) is 6.61 Å². The Bertz CT molecular complexity index is 389. The van der Waals surface area contributed by atoms with Crippen molar-refractivity contribution in [2.45, 2.75) is 25.4 Å². The maximum absolute atomic E-state index is 12.8. The molecule has 1 aromatic carbocycles. The van der Waals surface area contributed by atoms with Gasteiger partial charge in [-0.25, -0.2) is 0 Å². The van der Waals surface area contributed by atoms with Gasteiger partial charge in [-0.1, -0.05) is 23.7 Å². The van der Waals surface area contributed by atoms with Crippen LogP contribution in [-0.2, 0) is 4.74 Å². The first kappa shape index (κ1) is 13.3. The lowest BCUT2D eigenvalue weighted by Crippen LogP contribution is -2.36. The van der Waals surface area contributed by atoms with E-state index in [1.165, 1.54) is 12.1 Å². The molecule has 1 aromatic rings. The van der Waals surface area contributed by atoms with Crippen LogP contribution in [0.25, 0.3) is 0 Å². The highest BCUT2D eigenvalue weighted by molar-refractivity contribution is 6.74. The van der Waals surface area contributed by atoms with E-state index in [0.29, 0.717) is 6.61 Å². The number of para-hydroxylation sites is 1. The maximum Gasteiger partial charge on any atom is 0.513 e. The lowest BCUT2D eigenvalue weighted by Gasteiger charge is -2.25. The summed E-state index contributed by atoms with van der Waals surface area (Å²) in [6.07, 6.45) is 2.81. The van der Waals surface area contributed by atoms with Gasteiger partial charge in [0.25, 0.3) is 0 Å². The lowest BCUT2D eigenvalue weighted by atomic mass is 9.79. The number of halogens is 3. The van der Waals surface area contributed by atoms with Crippen LogP contribution in [0.1, 0.15) is 19.3 Å². The van der Waals surface area contributed by atoms with Crippen LogP contribution in [-0.4, -0.2) is 26.3 Å². The highest BCUT2D eigenvalue weighted by Crippen LogP contribution is 2.19. The molecule has 0 aromatic heterocycles. The zero-order valence-electron chi connectivity index (χ0n) is 9.95. The zero-order valence-corrected chi connectivity index (χ0v) is 9.95. The van der Waals surface area contributed by atoms with Gasteiger partial charge in [-0.3, -0.25) is 0 Å². The van der Waals surface area contributed by atoms with Gasteiger partial charge in [0.05, 0.1) is 11.9 Å². The van der Waals surface area contributed by atoms with Gasteiger partial charge in [-0.15, -0.1) is 0 Å². The van der Waals surface area contributed by atoms with E-state index in [0.717, 1.165) is 25.3 Å². The second-order valence-corrected chi connectivity index (χ2v) is 4.41. The molecule has 1 saturated heterocycles. The fourth-order valence-electron chi connectivity index (χ4n) is 2.00. The molecule has 2 nitrogen and oxygen atoms in total. The molecule has 1 heterocycles. The molecule has 0 spiro atoms. The SMILES string of the molecule is F[B-](F)(F)c1ccccc1OCC1CCCCO1. The average Bonchev–Trinajstić information content (AvgIpc) is 2.37. The Morgan fingerprint density at radius 1 is 1.22 bits per heavy atom. The molecule has 0 saturated carbocycles. The van der Waals surface area contributed by atoms with E-state index in [1.807, 2.05) is 0 Å². The van der Waals surface area contributed by atoms with E-state index in [1.54, 1.807) is 6.07 Å². The Hall–Kier alpha value is -1.17. The third-order valence-electron chi connectivity index (χ3n) is 2.97. The number of benzene rings is 1. The molecule has 18 heavy (non-hydrogen) atoms. The molecule has 6 heteroatoms. The smallest absolute Gasteiger partial charge is 0.494 e. The molecular formula is C12H15BF3O2-. The predicted molar refractivity (Wildman–Crippen MR) is 64.2 cm³/mol. The van der Waals surface area contributed by atoms with Gasteiger partial charge in [0, 0.05) is 6.61 Å². The highest BCUT2D eigenvalue weighted by atomic mass is 19.4. The predicted octanol–water partition coefficient (Wildman–Crippen LogP) is 2.69. The van der Waals surface area contributed by atoms with Crippen LogP contribution in [0.4, 0.5) is 12.9 Å². The average molecular weight is 259 g/mol. The van der Waals surface area contributed by atoms with Crippen LogP contribution < -0.4 is 10.2 Å². The molecule has 1 atom stereocenters. The summed E-state index contributed by atoms with van der Waals surface area (Å²) >= 11 is 0. The van der Waals surface area contributed by atoms with E-state index < -0.39 is 12.4 Å². The summed E-state index contributed by atoms with van der Waals surface area (Å²) in [7, 11) is 0. The lowest BCUT2D eigenvalue weighted by molar-refractivity contribution is -0.0109.